The summed E-state index contributed by atoms with van der Waals surface area (Å²) >= 11 is 0. The van der Waals surface area contributed by atoms with Crippen molar-refractivity contribution in [2.45, 2.75) is 63.3 Å². The summed E-state index contributed by atoms with van der Waals surface area (Å²) in [5, 5.41) is 45.0. The van der Waals surface area contributed by atoms with Crippen LogP contribution in [0.5, 0.6) is 17.2 Å². The molecule has 6 atom stereocenters. The highest BCUT2D eigenvalue weighted by Gasteiger charge is 2.49. The Hall–Kier alpha value is -3.64. The summed E-state index contributed by atoms with van der Waals surface area (Å²) in [6.07, 6.45) is -2.25. The van der Waals surface area contributed by atoms with Crippen molar-refractivity contribution in [1.29, 1.82) is 0 Å². The van der Waals surface area contributed by atoms with Gasteiger partial charge in [-0.2, -0.15) is 0 Å². The third-order valence-corrected chi connectivity index (χ3v) is 8.29. The number of hydrogen-bond donors (Lipinski definition) is 4. The van der Waals surface area contributed by atoms with Gasteiger partial charge < -0.3 is 34.6 Å². The maximum atomic E-state index is 13.7. The monoisotopic (exact) mass is 568 g/mol. The number of hydrogen-bond acceptors (Lipinski definition) is 10. The smallest absolute Gasteiger partial charge is 0.202 e. The van der Waals surface area contributed by atoms with E-state index in [2.05, 4.69) is 0 Å². The summed E-state index contributed by atoms with van der Waals surface area (Å²) in [6.45, 7) is 2.89. The van der Waals surface area contributed by atoms with E-state index in [4.69, 9.17) is 14.2 Å². The Kier molecular flexibility index (Phi) is 7.27. The topological polar surface area (TPSA) is 163 Å². The van der Waals surface area contributed by atoms with Crippen molar-refractivity contribution in [3.63, 3.8) is 0 Å². The van der Waals surface area contributed by atoms with Gasteiger partial charge in [-0.3, -0.25) is 14.4 Å². The lowest BCUT2D eigenvalue weighted by atomic mass is 9.72. The lowest BCUT2D eigenvalue weighted by molar-refractivity contribution is -0.463. The van der Waals surface area contributed by atoms with Crippen LogP contribution in [0.3, 0.4) is 0 Å². The van der Waals surface area contributed by atoms with Crippen LogP contribution in [0.2, 0.25) is 0 Å². The van der Waals surface area contributed by atoms with Crippen LogP contribution < -0.4 is 4.74 Å². The highest BCUT2D eigenvalue weighted by Crippen LogP contribution is 2.52. The number of fused-ring (bicyclic) bond motifs is 3. The SMILES string of the molecule is COc1cccc2c1C(=O)c1c(O)c3c(c(O)c1C2=O)C[C@@](O)(C(C)=O)C[C@@H]3O[C@H]1CC(C=[N+](C)C)[C@H](O)[C@H](C)O1. The molecule has 2 aromatic carbocycles. The van der Waals surface area contributed by atoms with Gasteiger partial charge >= 0.3 is 0 Å². The molecule has 2 aliphatic carbocycles. The van der Waals surface area contributed by atoms with Gasteiger partial charge in [0.05, 0.1) is 48.0 Å². The summed E-state index contributed by atoms with van der Waals surface area (Å²) < 4.78 is 19.3. The molecule has 5 rings (SSSR count). The molecule has 1 unspecified atom stereocenters. The zero-order valence-electron chi connectivity index (χ0n) is 23.5. The van der Waals surface area contributed by atoms with E-state index in [1.165, 1.54) is 32.2 Å². The molecular weight excluding hydrogens is 534 g/mol. The Balaban J connectivity index is 1.65. The molecule has 11 nitrogen and oxygen atoms in total. The van der Waals surface area contributed by atoms with Gasteiger partial charge in [-0.25, -0.2) is 4.58 Å². The maximum absolute atomic E-state index is 13.7. The normalized spacial score (nSPS) is 28.8. The maximum Gasteiger partial charge on any atom is 0.202 e. The molecular formula is C30H34NO10+. The minimum Gasteiger partial charge on any atom is -0.507 e. The Bertz CT molecular complexity index is 1490. The van der Waals surface area contributed by atoms with E-state index in [1.807, 2.05) is 20.3 Å². The molecule has 0 bridgehead atoms. The average molecular weight is 569 g/mol. The number of Topliss-reactive ketones (excluding diaryl/α,β-unsaturated/α-hetero) is 1. The first kappa shape index (κ1) is 28.9. The van der Waals surface area contributed by atoms with Gasteiger partial charge in [0.1, 0.15) is 43.2 Å². The first-order valence-electron chi connectivity index (χ1n) is 13.4. The molecule has 0 amide bonds. The van der Waals surface area contributed by atoms with E-state index in [9.17, 15) is 34.8 Å². The Morgan fingerprint density at radius 2 is 1.80 bits per heavy atom. The second-order valence-electron chi connectivity index (χ2n) is 11.2. The van der Waals surface area contributed by atoms with Crippen molar-refractivity contribution < 1.29 is 53.6 Å². The van der Waals surface area contributed by atoms with E-state index >= 15 is 0 Å². The second kappa shape index (κ2) is 10.3. The van der Waals surface area contributed by atoms with Crippen molar-refractivity contribution in [1.82, 2.24) is 0 Å². The lowest BCUT2D eigenvalue weighted by Gasteiger charge is -2.42. The zero-order valence-corrected chi connectivity index (χ0v) is 23.5. The van der Waals surface area contributed by atoms with Crippen molar-refractivity contribution in [3.8, 4) is 17.2 Å². The summed E-state index contributed by atoms with van der Waals surface area (Å²) in [5.74, 6) is -3.44. The Morgan fingerprint density at radius 1 is 1.12 bits per heavy atom. The molecule has 1 heterocycles. The molecule has 11 heteroatoms. The van der Waals surface area contributed by atoms with Crippen LogP contribution in [0.25, 0.3) is 0 Å². The molecule has 0 spiro atoms. The molecule has 0 radical (unpaired) electrons. The number of aromatic hydroxyl groups is 2. The van der Waals surface area contributed by atoms with Gasteiger partial charge in [0.25, 0.3) is 0 Å². The quantitative estimate of drug-likeness (QED) is 0.202. The average Bonchev–Trinajstić information content (AvgIpc) is 2.91. The fraction of sp³-hybridized carbons (Fsp3) is 0.467. The lowest BCUT2D eigenvalue weighted by Crippen LogP contribution is -2.48. The van der Waals surface area contributed by atoms with Crippen molar-refractivity contribution in [3.05, 3.63) is 51.6 Å². The first-order valence-corrected chi connectivity index (χ1v) is 13.4. The molecule has 1 fully saturated rings. The van der Waals surface area contributed by atoms with Crippen LogP contribution in [0.15, 0.2) is 18.2 Å². The number of phenolic OH excluding ortho intramolecular Hbond substituents is 2. The molecule has 0 aromatic heterocycles. The largest absolute Gasteiger partial charge is 0.507 e. The van der Waals surface area contributed by atoms with Crippen LogP contribution in [0.4, 0.5) is 0 Å². The number of aliphatic hydroxyl groups is 2. The number of nitrogens with zero attached hydrogens (tertiary/aromatic N) is 1. The van der Waals surface area contributed by atoms with Gasteiger partial charge in [0.2, 0.25) is 5.78 Å². The molecule has 218 valence electrons. The fourth-order valence-electron chi connectivity index (χ4n) is 6.19. The number of ether oxygens (including phenoxy) is 3. The third kappa shape index (κ3) is 4.62. The van der Waals surface area contributed by atoms with Crippen LogP contribution >= 0.6 is 0 Å². The Labute approximate surface area is 236 Å². The van der Waals surface area contributed by atoms with E-state index in [-0.39, 0.29) is 46.8 Å². The molecule has 1 aliphatic heterocycles. The number of rotatable bonds is 5. The van der Waals surface area contributed by atoms with E-state index < -0.39 is 76.6 Å². The molecule has 3 aliphatic rings. The van der Waals surface area contributed by atoms with E-state index in [0.29, 0.717) is 0 Å². The fourth-order valence-corrected chi connectivity index (χ4v) is 6.19. The van der Waals surface area contributed by atoms with Gasteiger partial charge in [-0.15, -0.1) is 0 Å². The number of carbonyl (C=O) groups excluding carboxylic acids is 3. The number of carbonyl (C=O) groups is 3. The molecule has 2 aromatic rings. The summed E-state index contributed by atoms with van der Waals surface area (Å²) in [5.41, 5.74) is -2.94. The summed E-state index contributed by atoms with van der Waals surface area (Å²) in [7, 11) is 4.99. The van der Waals surface area contributed by atoms with Gasteiger partial charge in [0, 0.05) is 36.0 Å². The highest BCUT2D eigenvalue weighted by molar-refractivity contribution is 6.31. The minimum absolute atomic E-state index is 0.00623. The van der Waals surface area contributed by atoms with E-state index in [1.54, 1.807) is 11.5 Å². The molecule has 1 saturated heterocycles. The highest BCUT2D eigenvalue weighted by atomic mass is 16.7. The second-order valence-corrected chi connectivity index (χ2v) is 11.2. The van der Waals surface area contributed by atoms with Crippen LogP contribution in [0.1, 0.15) is 75.8 Å². The Morgan fingerprint density at radius 3 is 2.44 bits per heavy atom. The number of methoxy groups -OCH3 is 1. The number of benzene rings is 2. The van der Waals surface area contributed by atoms with Crippen molar-refractivity contribution >= 4 is 23.6 Å². The molecule has 0 saturated carbocycles. The summed E-state index contributed by atoms with van der Waals surface area (Å²) in [6, 6.07) is 4.47. The van der Waals surface area contributed by atoms with Crippen molar-refractivity contribution in [2.24, 2.45) is 5.92 Å². The number of aliphatic hydroxyl groups excluding tert-OH is 1. The van der Waals surface area contributed by atoms with Crippen LogP contribution in [-0.4, -0.2) is 93.9 Å². The van der Waals surface area contributed by atoms with Gasteiger partial charge in [-0.05, 0) is 19.9 Å². The zero-order chi connectivity index (χ0) is 30.0. The van der Waals surface area contributed by atoms with Crippen molar-refractivity contribution in [2.75, 3.05) is 21.2 Å². The van der Waals surface area contributed by atoms with Crippen LogP contribution in [0, 0.1) is 5.92 Å². The first-order chi connectivity index (χ1) is 19.3. The van der Waals surface area contributed by atoms with E-state index in [0.717, 1.165) is 0 Å². The molecule has 4 N–H and O–H groups in total. The third-order valence-electron chi connectivity index (χ3n) is 8.29. The predicted molar refractivity (Wildman–Crippen MR) is 144 cm³/mol. The summed E-state index contributed by atoms with van der Waals surface area (Å²) in [4.78, 5) is 39.9. The standard InChI is InChI=1S/C30H33NO10/c1-13-25(33)15(12-31(3)4)9-20(40-13)41-19-11-30(38,14(2)32)10-17-22(19)29(37)24-23(27(17)35)26(34)16-7-6-8-18(39-5)21(16)28(24)36/h6-8,12-13,15,19-20,25,33,38H,9-11H2,1-5H3,(H-,34,35,36,37)/p+1/t13-,15?,19-,20-,25+,30-/m0/s1. The van der Waals surface area contributed by atoms with Gasteiger partial charge in [0.15, 0.2) is 17.9 Å². The van der Waals surface area contributed by atoms with Crippen LogP contribution in [-0.2, 0) is 20.7 Å². The van der Waals surface area contributed by atoms with Gasteiger partial charge in [-0.1, -0.05) is 12.1 Å². The predicted octanol–water partition coefficient (Wildman–Crippen LogP) is 1.66. The number of ketones is 3. The minimum atomic E-state index is -1.99. The molecule has 41 heavy (non-hydrogen) atoms. The number of phenols is 2.